The summed E-state index contributed by atoms with van der Waals surface area (Å²) in [6, 6.07) is 20.4. The van der Waals surface area contributed by atoms with Gasteiger partial charge in [-0.05, 0) is 54.8 Å². The SMILES string of the molecule is Cc1cc(C)cc(NC(=O)C(OC(=O)c2ccc(CNC(N)=O)cc2)c2ccccc2)c1. The van der Waals surface area contributed by atoms with Crippen LogP contribution in [0.2, 0.25) is 0 Å². The van der Waals surface area contributed by atoms with Gasteiger partial charge in [-0.2, -0.15) is 0 Å². The second-order valence-electron chi connectivity index (χ2n) is 7.48. The molecule has 0 heterocycles. The first-order chi connectivity index (χ1) is 15.3. The van der Waals surface area contributed by atoms with Crippen LogP contribution in [0.1, 0.15) is 38.7 Å². The monoisotopic (exact) mass is 431 g/mol. The van der Waals surface area contributed by atoms with Crippen LogP contribution in [0.5, 0.6) is 0 Å². The lowest BCUT2D eigenvalue weighted by Gasteiger charge is -2.18. The molecule has 3 aromatic rings. The van der Waals surface area contributed by atoms with Crippen LogP contribution in [0.3, 0.4) is 0 Å². The maximum absolute atomic E-state index is 13.1. The third-order valence-corrected chi connectivity index (χ3v) is 4.71. The lowest BCUT2D eigenvalue weighted by Crippen LogP contribution is -2.28. The van der Waals surface area contributed by atoms with Gasteiger partial charge in [-0.1, -0.05) is 48.5 Å². The largest absolute Gasteiger partial charge is 0.444 e. The Bertz CT molecular complexity index is 1090. The molecule has 7 heteroatoms. The lowest BCUT2D eigenvalue weighted by molar-refractivity contribution is -0.125. The first-order valence-corrected chi connectivity index (χ1v) is 10.1. The van der Waals surface area contributed by atoms with Gasteiger partial charge in [0.25, 0.3) is 5.91 Å². The van der Waals surface area contributed by atoms with E-state index >= 15 is 0 Å². The number of hydrogen-bond donors (Lipinski definition) is 3. The number of nitrogens with two attached hydrogens (primary N) is 1. The van der Waals surface area contributed by atoms with Gasteiger partial charge >= 0.3 is 12.0 Å². The number of primary amides is 1. The first kappa shape index (κ1) is 22.6. The molecule has 0 fully saturated rings. The average molecular weight is 431 g/mol. The highest BCUT2D eigenvalue weighted by Gasteiger charge is 2.26. The quantitative estimate of drug-likeness (QED) is 0.491. The molecular formula is C25H25N3O4. The molecule has 3 rings (SSSR count). The fourth-order valence-electron chi connectivity index (χ4n) is 3.28. The van der Waals surface area contributed by atoms with Gasteiger partial charge in [-0.15, -0.1) is 0 Å². The van der Waals surface area contributed by atoms with Crippen LogP contribution in [0.25, 0.3) is 0 Å². The maximum Gasteiger partial charge on any atom is 0.339 e. The van der Waals surface area contributed by atoms with E-state index in [-0.39, 0.29) is 12.1 Å². The summed E-state index contributed by atoms with van der Waals surface area (Å²) < 4.78 is 5.61. The summed E-state index contributed by atoms with van der Waals surface area (Å²) in [5, 5.41) is 5.33. The van der Waals surface area contributed by atoms with Crippen molar-refractivity contribution < 1.29 is 19.1 Å². The molecule has 0 aliphatic carbocycles. The molecule has 4 N–H and O–H groups in total. The highest BCUT2D eigenvalue weighted by Crippen LogP contribution is 2.23. The van der Waals surface area contributed by atoms with E-state index in [1.165, 1.54) is 0 Å². The molecule has 7 nitrogen and oxygen atoms in total. The zero-order valence-electron chi connectivity index (χ0n) is 17.9. The van der Waals surface area contributed by atoms with E-state index in [2.05, 4.69) is 10.6 Å². The summed E-state index contributed by atoms with van der Waals surface area (Å²) in [6.07, 6.45) is -1.12. The molecule has 164 valence electrons. The third-order valence-electron chi connectivity index (χ3n) is 4.71. The molecule has 0 saturated heterocycles. The van der Waals surface area contributed by atoms with Crippen LogP contribution in [0.4, 0.5) is 10.5 Å². The van der Waals surface area contributed by atoms with Crippen molar-refractivity contribution in [1.29, 1.82) is 0 Å². The van der Waals surface area contributed by atoms with Crippen molar-refractivity contribution in [3.8, 4) is 0 Å². The van der Waals surface area contributed by atoms with Gasteiger partial charge in [0.15, 0.2) is 0 Å². The number of carbonyl (C=O) groups excluding carboxylic acids is 3. The Morgan fingerprint density at radius 1 is 0.906 bits per heavy atom. The van der Waals surface area contributed by atoms with Crippen LogP contribution in [0, 0.1) is 13.8 Å². The Labute approximate surface area is 186 Å². The number of benzene rings is 3. The smallest absolute Gasteiger partial charge is 0.339 e. The van der Waals surface area contributed by atoms with Crippen LogP contribution >= 0.6 is 0 Å². The van der Waals surface area contributed by atoms with Crippen LogP contribution in [-0.2, 0) is 16.1 Å². The number of urea groups is 1. The summed E-state index contributed by atoms with van der Waals surface area (Å²) in [6.45, 7) is 4.13. The minimum Gasteiger partial charge on any atom is -0.444 e. The minimum absolute atomic E-state index is 0.246. The van der Waals surface area contributed by atoms with E-state index in [1.807, 2.05) is 38.1 Å². The van der Waals surface area contributed by atoms with Crippen molar-refractivity contribution in [1.82, 2.24) is 5.32 Å². The second-order valence-corrected chi connectivity index (χ2v) is 7.48. The Morgan fingerprint density at radius 3 is 2.12 bits per heavy atom. The molecule has 3 aromatic carbocycles. The molecule has 0 saturated carbocycles. The molecule has 1 atom stereocenters. The highest BCUT2D eigenvalue weighted by atomic mass is 16.5. The molecule has 0 radical (unpaired) electrons. The van der Waals surface area contributed by atoms with Gasteiger partial charge in [0.05, 0.1) is 5.56 Å². The summed E-state index contributed by atoms with van der Waals surface area (Å²) in [7, 11) is 0. The molecule has 3 amide bonds. The van der Waals surface area contributed by atoms with E-state index in [9.17, 15) is 14.4 Å². The van der Waals surface area contributed by atoms with Gasteiger partial charge in [0.2, 0.25) is 6.10 Å². The Morgan fingerprint density at radius 2 is 1.53 bits per heavy atom. The molecular weight excluding hydrogens is 406 g/mol. The molecule has 0 aliphatic heterocycles. The van der Waals surface area contributed by atoms with Crippen molar-refractivity contribution in [2.75, 3.05) is 5.32 Å². The predicted molar refractivity (Wildman–Crippen MR) is 122 cm³/mol. The Hall–Kier alpha value is -4.13. The normalized spacial score (nSPS) is 11.3. The van der Waals surface area contributed by atoms with E-state index in [0.717, 1.165) is 16.7 Å². The standard InChI is InChI=1S/C25H25N3O4/c1-16-12-17(2)14-21(13-16)28-23(29)22(19-6-4-3-5-7-19)32-24(30)20-10-8-18(9-11-20)15-27-25(26)31/h3-14,22H,15H2,1-2H3,(H,28,29)(H3,26,27,31). The topological polar surface area (TPSA) is 111 Å². The maximum atomic E-state index is 13.1. The van der Waals surface area contributed by atoms with Gasteiger partial charge in [0.1, 0.15) is 0 Å². The number of nitrogens with one attached hydrogen (secondary N) is 2. The molecule has 0 aromatic heterocycles. The zero-order valence-corrected chi connectivity index (χ0v) is 17.9. The zero-order chi connectivity index (χ0) is 23.1. The van der Waals surface area contributed by atoms with Crippen molar-refractivity contribution in [2.24, 2.45) is 5.73 Å². The molecule has 1 unspecified atom stereocenters. The van der Waals surface area contributed by atoms with Gasteiger partial charge in [0, 0.05) is 17.8 Å². The number of aryl methyl sites for hydroxylation is 2. The second kappa shape index (κ2) is 10.3. The first-order valence-electron chi connectivity index (χ1n) is 10.1. The van der Waals surface area contributed by atoms with E-state index in [0.29, 0.717) is 11.3 Å². The van der Waals surface area contributed by atoms with Gasteiger partial charge in [-0.25, -0.2) is 9.59 Å². The molecule has 32 heavy (non-hydrogen) atoms. The predicted octanol–water partition coefficient (Wildman–Crippen LogP) is 4.01. The lowest BCUT2D eigenvalue weighted by atomic mass is 10.1. The van der Waals surface area contributed by atoms with Crippen molar-refractivity contribution in [3.05, 3.63) is 101 Å². The molecule has 0 aliphatic rings. The van der Waals surface area contributed by atoms with E-state index in [1.54, 1.807) is 48.5 Å². The third kappa shape index (κ3) is 6.18. The van der Waals surface area contributed by atoms with Gasteiger partial charge in [-0.3, -0.25) is 4.79 Å². The molecule has 0 bridgehead atoms. The number of carbonyl (C=O) groups is 3. The fraction of sp³-hybridized carbons (Fsp3) is 0.160. The van der Waals surface area contributed by atoms with E-state index < -0.39 is 24.0 Å². The van der Waals surface area contributed by atoms with Crippen molar-refractivity contribution in [3.63, 3.8) is 0 Å². The van der Waals surface area contributed by atoms with Crippen LogP contribution in [0.15, 0.2) is 72.8 Å². The van der Waals surface area contributed by atoms with E-state index in [4.69, 9.17) is 10.5 Å². The fourth-order valence-corrected chi connectivity index (χ4v) is 3.28. The summed E-state index contributed by atoms with van der Waals surface area (Å²) in [4.78, 5) is 36.7. The minimum atomic E-state index is -1.12. The highest BCUT2D eigenvalue weighted by molar-refractivity contribution is 5.98. The number of anilines is 1. The number of hydrogen-bond acceptors (Lipinski definition) is 4. The van der Waals surface area contributed by atoms with Crippen molar-refractivity contribution >= 4 is 23.6 Å². The number of rotatable bonds is 7. The Balaban J connectivity index is 1.78. The van der Waals surface area contributed by atoms with Gasteiger partial charge < -0.3 is 21.1 Å². The number of esters is 1. The summed E-state index contributed by atoms with van der Waals surface area (Å²) in [5.74, 6) is -1.08. The Kier molecular flexibility index (Phi) is 7.23. The van der Waals surface area contributed by atoms with Crippen LogP contribution in [-0.4, -0.2) is 17.9 Å². The summed E-state index contributed by atoms with van der Waals surface area (Å²) in [5.41, 5.74) is 9.34. The summed E-state index contributed by atoms with van der Waals surface area (Å²) >= 11 is 0. The number of ether oxygens (including phenoxy) is 1. The number of amides is 3. The van der Waals surface area contributed by atoms with Crippen LogP contribution < -0.4 is 16.4 Å². The average Bonchev–Trinajstić information content (AvgIpc) is 2.76. The molecule has 0 spiro atoms. The van der Waals surface area contributed by atoms with Crippen molar-refractivity contribution in [2.45, 2.75) is 26.5 Å².